The van der Waals surface area contributed by atoms with Crippen molar-refractivity contribution in [3.8, 4) is 5.75 Å². The Balaban J connectivity index is 1.95. The molecule has 3 rings (SSSR count). The van der Waals surface area contributed by atoms with Gasteiger partial charge < -0.3 is 14.7 Å². The first-order chi connectivity index (χ1) is 11.9. The molecule has 1 N–H and O–H groups in total. The first-order valence-corrected chi connectivity index (χ1v) is 8.80. The summed E-state index contributed by atoms with van der Waals surface area (Å²) in [4.78, 5) is 4.10. The quantitative estimate of drug-likeness (QED) is 0.908. The van der Waals surface area contributed by atoms with Crippen LogP contribution in [0.5, 0.6) is 5.75 Å². The largest absolute Gasteiger partial charge is 0.492 e. The summed E-state index contributed by atoms with van der Waals surface area (Å²) >= 11 is 0. The van der Waals surface area contributed by atoms with E-state index in [1.165, 1.54) is 11.1 Å². The summed E-state index contributed by atoms with van der Waals surface area (Å²) in [5, 5.41) is 11.1. The van der Waals surface area contributed by atoms with Gasteiger partial charge in [0.15, 0.2) is 0 Å². The molecule has 1 aliphatic heterocycles. The van der Waals surface area contributed by atoms with Gasteiger partial charge in [0.25, 0.3) is 0 Å². The highest BCUT2D eigenvalue weighted by molar-refractivity contribution is 5.46. The number of aliphatic hydroxyl groups is 1. The van der Waals surface area contributed by atoms with Gasteiger partial charge in [0.2, 0.25) is 0 Å². The highest BCUT2D eigenvalue weighted by Crippen LogP contribution is 2.42. The molecule has 0 radical (unpaired) electrons. The van der Waals surface area contributed by atoms with Crippen molar-refractivity contribution < 1.29 is 9.84 Å². The van der Waals surface area contributed by atoms with Crippen molar-refractivity contribution in [1.82, 2.24) is 9.80 Å². The first kappa shape index (κ1) is 17.9. The van der Waals surface area contributed by atoms with Crippen LogP contribution >= 0.6 is 0 Å². The molecular formula is C21H28N2O2. The van der Waals surface area contributed by atoms with Gasteiger partial charge in [0, 0.05) is 24.6 Å². The molecule has 4 nitrogen and oxygen atoms in total. The van der Waals surface area contributed by atoms with Gasteiger partial charge in [0.05, 0.1) is 0 Å². The van der Waals surface area contributed by atoms with Crippen LogP contribution < -0.4 is 4.74 Å². The van der Waals surface area contributed by atoms with Gasteiger partial charge in [-0.1, -0.05) is 36.4 Å². The minimum Gasteiger partial charge on any atom is -0.492 e. The van der Waals surface area contributed by atoms with Gasteiger partial charge >= 0.3 is 0 Å². The molecule has 0 aromatic heterocycles. The fourth-order valence-corrected chi connectivity index (χ4v) is 3.41. The molecule has 0 saturated heterocycles. The van der Waals surface area contributed by atoms with Crippen LogP contribution in [0.25, 0.3) is 0 Å². The smallest absolute Gasteiger partial charge is 0.141 e. The monoisotopic (exact) mass is 340 g/mol. The molecule has 2 aromatic rings. The van der Waals surface area contributed by atoms with E-state index in [-0.39, 0.29) is 5.92 Å². The Bertz CT molecular complexity index is 713. The van der Waals surface area contributed by atoms with E-state index in [4.69, 9.17) is 4.74 Å². The van der Waals surface area contributed by atoms with Gasteiger partial charge in [-0.05, 0) is 51.3 Å². The van der Waals surface area contributed by atoms with Crippen molar-refractivity contribution in [2.24, 2.45) is 0 Å². The van der Waals surface area contributed by atoms with E-state index < -0.39 is 5.72 Å². The summed E-state index contributed by atoms with van der Waals surface area (Å²) < 4.78 is 5.88. The van der Waals surface area contributed by atoms with Gasteiger partial charge in [-0.25, -0.2) is 0 Å². The predicted molar refractivity (Wildman–Crippen MR) is 101 cm³/mol. The second-order valence-electron chi connectivity index (χ2n) is 7.27. The fourth-order valence-electron chi connectivity index (χ4n) is 3.41. The molecular weight excluding hydrogens is 312 g/mol. The molecule has 1 aliphatic rings. The second-order valence-corrected chi connectivity index (χ2v) is 7.27. The van der Waals surface area contributed by atoms with Crippen LogP contribution in [-0.2, 0) is 5.72 Å². The number of nitrogens with zero attached hydrogens (tertiary/aromatic N) is 2. The minimum absolute atomic E-state index is 0.247. The lowest BCUT2D eigenvalue weighted by molar-refractivity contribution is -0.0961. The molecule has 134 valence electrons. The Morgan fingerprint density at radius 3 is 2.60 bits per heavy atom. The number of likely N-dealkylation sites (N-methyl/N-ethyl adjacent to an activating group) is 2. The third-order valence-electron chi connectivity index (χ3n) is 5.12. The Hall–Kier alpha value is -1.88. The van der Waals surface area contributed by atoms with E-state index in [9.17, 15) is 5.11 Å². The van der Waals surface area contributed by atoms with E-state index in [2.05, 4.69) is 35.2 Å². The van der Waals surface area contributed by atoms with Crippen LogP contribution in [0.1, 0.15) is 29.5 Å². The maximum Gasteiger partial charge on any atom is 0.141 e. The molecule has 0 spiro atoms. The van der Waals surface area contributed by atoms with Gasteiger partial charge in [-0.2, -0.15) is 0 Å². The molecule has 0 fully saturated rings. The van der Waals surface area contributed by atoms with Crippen LogP contribution in [0, 0.1) is 0 Å². The molecule has 0 amide bonds. The Labute approximate surface area is 150 Å². The van der Waals surface area contributed by atoms with E-state index >= 15 is 0 Å². The fraction of sp³-hybridized carbons (Fsp3) is 0.429. The molecule has 2 unspecified atom stereocenters. The van der Waals surface area contributed by atoms with E-state index in [0.717, 1.165) is 24.4 Å². The summed E-state index contributed by atoms with van der Waals surface area (Å²) in [6, 6.07) is 16.6. The minimum atomic E-state index is -0.998. The Morgan fingerprint density at radius 1 is 1.20 bits per heavy atom. The third-order valence-corrected chi connectivity index (χ3v) is 5.12. The molecule has 2 atom stereocenters. The van der Waals surface area contributed by atoms with Crippen LogP contribution in [-0.4, -0.2) is 55.7 Å². The number of rotatable bonds is 5. The molecule has 4 heteroatoms. The lowest BCUT2D eigenvalue weighted by atomic mass is 9.80. The highest BCUT2D eigenvalue weighted by Gasteiger charge is 2.39. The average Bonchev–Trinajstić information content (AvgIpc) is 2.59. The van der Waals surface area contributed by atoms with Gasteiger partial charge in [0.1, 0.15) is 18.1 Å². The average molecular weight is 340 g/mol. The predicted octanol–water partition coefficient (Wildman–Crippen LogP) is 2.87. The number of benzene rings is 2. The summed E-state index contributed by atoms with van der Waals surface area (Å²) in [6.45, 7) is 4.13. The van der Waals surface area contributed by atoms with Crippen molar-refractivity contribution in [3.05, 3.63) is 65.2 Å². The van der Waals surface area contributed by atoms with Gasteiger partial charge in [-0.15, -0.1) is 0 Å². The normalized spacial score (nSPS) is 23.5. The Morgan fingerprint density at radius 2 is 1.92 bits per heavy atom. The maximum absolute atomic E-state index is 11.1. The molecule has 1 heterocycles. The zero-order valence-corrected chi connectivity index (χ0v) is 15.6. The van der Waals surface area contributed by atoms with Crippen LogP contribution in [0.3, 0.4) is 0 Å². The van der Waals surface area contributed by atoms with Crippen molar-refractivity contribution in [2.45, 2.75) is 18.6 Å². The zero-order chi connectivity index (χ0) is 18.0. The topological polar surface area (TPSA) is 35.9 Å². The Kier molecular flexibility index (Phi) is 5.13. The van der Waals surface area contributed by atoms with Gasteiger partial charge in [-0.3, -0.25) is 4.90 Å². The molecule has 0 bridgehead atoms. The molecule has 0 aliphatic carbocycles. The standard InChI is InChI=1S/C21H28N2O2/c1-21(24)20-14-17(25-13-12-22(2)3)10-11-18(20)19(15-23(21)4)16-8-6-5-7-9-16/h5-11,14,19,24H,12-13,15H2,1-4H3. The zero-order valence-electron chi connectivity index (χ0n) is 15.6. The summed E-state index contributed by atoms with van der Waals surface area (Å²) in [5.41, 5.74) is 2.38. The molecule has 2 aromatic carbocycles. The SMILES string of the molecule is CN(C)CCOc1ccc2c(c1)C(C)(O)N(C)CC2c1ccccc1. The number of hydrogen-bond acceptors (Lipinski definition) is 4. The van der Waals surface area contributed by atoms with Crippen molar-refractivity contribution in [2.75, 3.05) is 40.8 Å². The van der Waals surface area contributed by atoms with Crippen LogP contribution in [0.4, 0.5) is 0 Å². The van der Waals surface area contributed by atoms with E-state index in [0.29, 0.717) is 6.61 Å². The highest BCUT2D eigenvalue weighted by atomic mass is 16.5. The molecule has 0 saturated carbocycles. The van der Waals surface area contributed by atoms with Crippen molar-refractivity contribution in [1.29, 1.82) is 0 Å². The summed E-state index contributed by atoms with van der Waals surface area (Å²) in [5.74, 6) is 1.06. The summed E-state index contributed by atoms with van der Waals surface area (Å²) in [6.07, 6.45) is 0. The lowest BCUT2D eigenvalue weighted by Gasteiger charge is -2.43. The van der Waals surface area contributed by atoms with Crippen LogP contribution in [0.2, 0.25) is 0 Å². The lowest BCUT2D eigenvalue weighted by Crippen LogP contribution is -2.47. The van der Waals surface area contributed by atoms with E-state index in [1.54, 1.807) is 0 Å². The molecule has 25 heavy (non-hydrogen) atoms. The maximum atomic E-state index is 11.1. The summed E-state index contributed by atoms with van der Waals surface area (Å²) in [7, 11) is 6.03. The third kappa shape index (κ3) is 3.71. The number of ether oxygens (including phenoxy) is 1. The van der Waals surface area contributed by atoms with Crippen LogP contribution in [0.15, 0.2) is 48.5 Å². The number of hydrogen-bond donors (Lipinski definition) is 1. The first-order valence-electron chi connectivity index (χ1n) is 8.80. The van der Waals surface area contributed by atoms with E-state index in [1.807, 2.05) is 51.2 Å². The second kappa shape index (κ2) is 7.16. The van der Waals surface area contributed by atoms with Crippen molar-refractivity contribution >= 4 is 0 Å². The number of fused-ring (bicyclic) bond motifs is 1. The van der Waals surface area contributed by atoms with Crippen molar-refractivity contribution in [3.63, 3.8) is 0 Å².